The number of hydrogen-bond acceptors (Lipinski definition) is 3. The predicted molar refractivity (Wildman–Crippen MR) is 112 cm³/mol. The van der Waals surface area contributed by atoms with Crippen molar-refractivity contribution in [3.8, 4) is 17.1 Å². The van der Waals surface area contributed by atoms with E-state index in [9.17, 15) is 0 Å². The summed E-state index contributed by atoms with van der Waals surface area (Å²) in [5, 5.41) is 2.45. The van der Waals surface area contributed by atoms with E-state index in [-0.39, 0.29) is 5.41 Å². The smallest absolute Gasteiger partial charge is 0.237 e. The van der Waals surface area contributed by atoms with Crippen LogP contribution >= 0.6 is 0 Å². The number of benzene rings is 3. The van der Waals surface area contributed by atoms with Gasteiger partial charge in [-0.1, -0.05) is 68.4 Å². The van der Waals surface area contributed by atoms with Crippen molar-refractivity contribution in [2.45, 2.75) is 19.3 Å². The van der Waals surface area contributed by atoms with Gasteiger partial charge in [0, 0.05) is 16.2 Å². The molecule has 0 amide bonds. The minimum Gasteiger partial charge on any atom is -0.277 e. The number of hydrogen-bond donors (Lipinski definition) is 0. The molecule has 0 N–H and O–H groups in total. The maximum absolute atomic E-state index is 4.48. The first-order chi connectivity index (χ1) is 13.7. The lowest BCUT2D eigenvalue weighted by Gasteiger charge is -2.23. The zero-order chi connectivity index (χ0) is 18.9. The molecule has 0 saturated carbocycles. The maximum atomic E-state index is 4.48. The Hall–Kier alpha value is -3.53. The molecule has 0 spiro atoms. The van der Waals surface area contributed by atoms with E-state index in [1.807, 2.05) is 0 Å². The predicted octanol–water partition coefficient (Wildman–Crippen LogP) is 5.28. The topological polar surface area (TPSA) is 43.6 Å². The van der Waals surface area contributed by atoms with Crippen LogP contribution in [-0.4, -0.2) is 19.5 Å². The number of nitrogens with zero attached hydrogens (tertiary/aromatic N) is 4. The van der Waals surface area contributed by atoms with Gasteiger partial charge in [0.2, 0.25) is 5.95 Å². The van der Waals surface area contributed by atoms with Gasteiger partial charge in [-0.2, -0.15) is 0 Å². The second-order valence-electron chi connectivity index (χ2n) is 7.85. The molecule has 4 nitrogen and oxygen atoms in total. The molecule has 0 saturated heterocycles. The highest BCUT2D eigenvalue weighted by Gasteiger charge is 2.38. The van der Waals surface area contributed by atoms with Gasteiger partial charge in [-0.05, 0) is 28.3 Å². The second-order valence-corrected chi connectivity index (χ2v) is 7.85. The van der Waals surface area contributed by atoms with Crippen molar-refractivity contribution in [2.24, 2.45) is 0 Å². The Morgan fingerprint density at radius 2 is 1.50 bits per heavy atom. The molecule has 2 heterocycles. The molecule has 1 aliphatic carbocycles. The summed E-state index contributed by atoms with van der Waals surface area (Å²) in [6, 6.07) is 21.7. The van der Waals surface area contributed by atoms with Gasteiger partial charge in [-0.25, -0.2) is 15.0 Å². The Balaban J connectivity index is 1.86. The van der Waals surface area contributed by atoms with E-state index in [1.165, 1.54) is 38.5 Å². The lowest BCUT2D eigenvalue weighted by Crippen LogP contribution is -2.16. The largest absolute Gasteiger partial charge is 0.277 e. The van der Waals surface area contributed by atoms with Crippen molar-refractivity contribution >= 4 is 21.8 Å². The van der Waals surface area contributed by atoms with Gasteiger partial charge in [-0.3, -0.25) is 4.57 Å². The molecule has 0 bridgehead atoms. The summed E-state index contributed by atoms with van der Waals surface area (Å²) in [4.78, 5) is 13.0. The maximum Gasteiger partial charge on any atom is 0.237 e. The van der Waals surface area contributed by atoms with Gasteiger partial charge in [0.1, 0.15) is 12.7 Å². The van der Waals surface area contributed by atoms with Gasteiger partial charge in [0.15, 0.2) is 0 Å². The van der Waals surface area contributed by atoms with E-state index >= 15 is 0 Å². The number of aromatic nitrogens is 4. The Morgan fingerprint density at radius 3 is 2.36 bits per heavy atom. The summed E-state index contributed by atoms with van der Waals surface area (Å²) in [5.74, 6) is 0.654. The van der Waals surface area contributed by atoms with Crippen LogP contribution < -0.4 is 0 Å². The van der Waals surface area contributed by atoms with Gasteiger partial charge in [0.05, 0.1) is 11.0 Å². The monoisotopic (exact) mass is 362 g/mol. The van der Waals surface area contributed by atoms with Crippen LogP contribution in [0.25, 0.3) is 38.9 Å². The van der Waals surface area contributed by atoms with Crippen LogP contribution in [0.1, 0.15) is 25.0 Å². The third kappa shape index (κ3) is 1.82. The molecule has 6 rings (SSSR count). The van der Waals surface area contributed by atoms with Crippen molar-refractivity contribution in [2.75, 3.05) is 0 Å². The molecule has 0 atom stereocenters. The highest BCUT2D eigenvalue weighted by atomic mass is 15.2. The first kappa shape index (κ1) is 15.5. The second kappa shape index (κ2) is 5.26. The third-order valence-corrected chi connectivity index (χ3v) is 6.03. The summed E-state index contributed by atoms with van der Waals surface area (Å²) in [6.07, 6.45) is 3.12. The van der Waals surface area contributed by atoms with E-state index in [0.29, 0.717) is 5.95 Å². The molecule has 0 fully saturated rings. The number of rotatable bonds is 1. The zero-order valence-corrected chi connectivity index (χ0v) is 15.7. The van der Waals surface area contributed by atoms with E-state index in [4.69, 9.17) is 0 Å². The van der Waals surface area contributed by atoms with Crippen LogP contribution in [0.2, 0.25) is 0 Å². The summed E-state index contributed by atoms with van der Waals surface area (Å²) < 4.78 is 2.19. The Morgan fingerprint density at radius 1 is 0.750 bits per heavy atom. The van der Waals surface area contributed by atoms with Crippen molar-refractivity contribution in [3.63, 3.8) is 0 Å². The lowest BCUT2D eigenvalue weighted by molar-refractivity contribution is 0.663. The molecule has 0 unspecified atom stereocenters. The van der Waals surface area contributed by atoms with Crippen LogP contribution in [-0.2, 0) is 5.41 Å². The minimum atomic E-state index is -0.107. The summed E-state index contributed by atoms with van der Waals surface area (Å²) in [5.41, 5.74) is 7.51. The van der Waals surface area contributed by atoms with Crippen LogP contribution in [0.5, 0.6) is 0 Å². The molecule has 0 aliphatic heterocycles. The average Bonchev–Trinajstić information content (AvgIpc) is 3.19. The molecule has 2 aromatic heterocycles. The fourth-order valence-corrected chi connectivity index (χ4v) is 4.87. The molecule has 28 heavy (non-hydrogen) atoms. The molecule has 5 aromatic rings. The highest BCUT2D eigenvalue weighted by molar-refractivity contribution is 6.12. The molecule has 3 aromatic carbocycles. The number of fused-ring (bicyclic) bond motifs is 7. The first-order valence-corrected chi connectivity index (χ1v) is 9.47. The van der Waals surface area contributed by atoms with E-state index in [1.54, 1.807) is 12.7 Å². The van der Waals surface area contributed by atoms with Crippen LogP contribution in [0.4, 0.5) is 0 Å². The Kier molecular flexibility index (Phi) is 2.91. The van der Waals surface area contributed by atoms with Crippen LogP contribution in [0, 0.1) is 0 Å². The van der Waals surface area contributed by atoms with Crippen LogP contribution in [0.3, 0.4) is 0 Å². The normalized spacial score (nSPS) is 14.4. The van der Waals surface area contributed by atoms with Gasteiger partial charge in [-0.15, -0.1) is 0 Å². The lowest BCUT2D eigenvalue weighted by atomic mass is 9.81. The van der Waals surface area contributed by atoms with E-state index in [2.05, 4.69) is 94.0 Å². The van der Waals surface area contributed by atoms with Gasteiger partial charge in [0.25, 0.3) is 0 Å². The third-order valence-electron chi connectivity index (χ3n) is 6.03. The molecule has 1 aliphatic rings. The molecular formula is C24H18N4. The quantitative estimate of drug-likeness (QED) is 0.408. The molecular weight excluding hydrogens is 344 g/mol. The Labute approximate surface area is 162 Å². The SMILES string of the molecule is CC1(C)c2ccccc2-c2ccc3c4ccccc4n(-c4ncncn4)c3c21. The molecule has 0 radical (unpaired) electrons. The van der Waals surface area contributed by atoms with Crippen molar-refractivity contribution in [1.82, 2.24) is 19.5 Å². The zero-order valence-electron chi connectivity index (χ0n) is 15.7. The van der Waals surface area contributed by atoms with Crippen LogP contribution in [0.15, 0.2) is 73.3 Å². The molecule has 4 heteroatoms. The van der Waals surface area contributed by atoms with E-state index in [0.717, 1.165) is 5.52 Å². The van der Waals surface area contributed by atoms with Crippen molar-refractivity contribution in [3.05, 3.63) is 84.4 Å². The average molecular weight is 362 g/mol. The first-order valence-electron chi connectivity index (χ1n) is 9.47. The van der Waals surface area contributed by atoms with Crippen molar-refractivity contribution < 1.29 is 0 Å². The number of para-hydroxylation sites is 1. The fraction of sp³-hybridized carbons (Fsp3) is 0.125. The standard InChI is InChI=1S/C24H18N4/c1-24(2)19-9-5-3-7-15(19)17-11-12-18-16-8-4-6-10-20(16)28(22(18)21(17)24)23-26-13-25-14-27-23/h3-14H,1-2H3. The highest BCUT2D eigenvalue weighted by Crippen LogP contribution is 2.52. The van der Waals surface area contributed by atoms with Crippen molar-refractivity contribution in [1.29, 1.82) is 0 Å². The summed E-state index contributed by atoms with van der Waals surface area (Å²) in [6.45, 7) is 4.62. The van der Waals surface area contributed by atoms with Gasteiger partial charge < -0.3 is 0 Å². The molecule has 134 valence electrons. The van der Waals surface area contributed by atoms with Gasteiger partial charge >= 0.3 is 0 Å². The minimum absolute atomic E-state index is 0.107. The Bertz CT molecular complexity index is 1380. The fourth-order valence-electron chi connectivity index (χ4n) is 4.87. The summed E-state index contributed by atoms with van der Waals surface area (Å²) >= 11 is 0. The summed E-state index contributed by atoms with van der Waals surface area (Å²) in [7, 11) is 0. The van der Waals surface area contributed by atoms with E-state index < -0.39 is 0 Å².